The highest BCUT2D eigenvalue weighted by Gasteiger charge is 2.04. The molecule has 0 spiro atoms. The van der Waals surface area contributed by atoms with Crippen LogP contribution in [0.5, 0.6) is 0 Å². The van der Waals surface area contributed by atoms with Gasteiger partial charge in [-0.25, -0.2) is 0 Å². The monoisotopic (exact) mass is 179 g/mol. The Bertz CT molecular complexity index is 119. The van der Waals surface area contributed by atoms with Gasteiger partial charge in [-0.3, -0.25) is 4.21 Å². The van der Waals surface area contributed by atoms with E-state index >= 15 is 0 Å². The molecule has 0 aliphatic rings. The maximum atomic E-state index is 11.1. The Morgan fingerprint density at radius 1 is 1.55 bits per heavy atom. The van der Waals surface area contributed by atoms with E-state index in [0.717, 1.165) is 6.42 Å². The molecule has 2 atom stereocenters. The van der Waals surface area contributed by atoms with Gasteiger partial charge in [0.15, 0.2) is 0 Å². The van der Waals surface area contributed by atoms with Gasteiger partial charge in [0.2, 0.25) is 0 Å². The van der Waals surface area contributed by atoms with Crippen molar-refractivity contribution in [3.63, 3.8) is 0 Å². The predicted octanol–water partition coefficient (Wildman–Crippen LogP) is 0.466. The Labute approximate surface area is 70.8 Å². The van der Waals surface area contributed by atoms with Crippen LogP contribution in [-0.2, 0) is 15.5 Å². The molecule has 0 saturated heterocycles. The van der Waals surface area contributed by atoms with Gasteiger partial charge in [-0.15, -0.1) is 0 Å². The lowest BCUT2D eigenvalue weighted by molar-refractivity contribution is 0.196. The Morgan fingerprint density at radius 3 is 2.64 bits per heavy atom. The Balaban J connectivity index is 3.36. The van der Waals surface area contributed by atoms with Crippen molar-refractivity contribution in [2.24, 2.45) is 5.73 Å². The van der Waals surface area contributed by atoms with Gasteiger partial charge >= 0.3 is 0 Å². The second-order valence-corrected chi connectivity index (χ2v) is 3.83. The quantitative estimate of drug-likeness (QED) is 0.644. The first-order valence-corrected chi connectivity index (χ1v) is 5.37. The van der Waals surface area contributed by atoms with Crippen molar-refractivity contribution in [1.82, 2.24) is 0 Å². The van der Waals surface area contributed by atoms with Gasteiger partial charge in [0, 0.05) is 29.2 Å². The molecule has 4 heteroatoms. The van der Waals surface area contributed by atoms with Crippen LogP contribution in [0, 0.1) is 0 Å². The fourth-order valence-electron chi connectivity index (χ4n) is 0.581. The molecule has 0 aromatic carbocycles. The van der Waals surface area contributed by atoms with Crippen LogP contribution >= 0.6 is 0 Å². The summed E-state index contributed by atoms with van der Waals surface area (Å²) in [6.45, 7) is 4.49. The molecule has 0 fully saturated rings. The van der Waals surface area contributed by atoms with Crippen molar-refractivity contribution in [2.75, 3.05) is 18.3 Å². The van der Waals surface area contributed by atoms with Crippen LogP contribution in [0.4, 0.5) is 0 Å². The highest BCUT2D eigenvalue weighted by atomic mass is 32.2. The average Bonchev–Trinajstić information content (AvgIpc) is 2.00. The zero-order valence-corrected chi connectivity index (χ0v) is 8.02. The number of hydrogen-bond acceptors (Lipinski definition) is 3. The lowest BCUT2D eigenvalue weighted by atomic mass is 10.3. The largest absolute Gasteiger partial charge is 0.369 e. The van der Waals surface area contributed by atoms with Gasteiger partial charge in [0.25, 0.3) is 0 Å². The number of nitrogens with two attached hydrogens (primary N) is 1. The van der Waals surface area contributed by atoms with Gasteiger partial charge < -0.3 is 10.5 Å². The van der Waals surface area contributed by atoms with Crippen LogP contribution in [0.2, 0.25) is 0 Å². The van der Waals surface area contributed by atoms with E-state index in [1.807, 2.05) is 13.8 Å². The Hall–Kier alpha value is 0.0700. The van der Waals surface area contributed by atoms with E-state index < -0.39 is 10.8 Å². The summed E-state index contributed by atoms with van der Waals surface area (Å²) in [5.41, 5.74) is 5.60. The van der Waals surface area contributed by atoms with E-state index in [-0.39, 0.29) is 6.04 Å². The first kappa shape index (κ1) is 11.1. The van der Waals surface area contributed by atoms with E-state index in [9.17, 15) is 4.21 Å². The molecule has 11 heavy (non-hydrogen) atoms. The average molecular weight is 179 g/mol. The maximum Gasteiger partial charge on any atom is 0.122 e. The van der Waals surface area contributed by atoms with Crippen LogP contribution in [0.25, 0.3) is 0 Å². The highest BCUT2D eigenvalue weighted by Crippen LogP contribution is 1.92. The number of ether oxygens (including phenoxy) is 1. The molecule has 0 aliphatic carbocycles. The second kappa shape index (κ2) is 6.76. The Morgan fingerprint density at radius 2 is 2.18 bits per heavy atom. The van der Waals surface area contributed by atoms with Crippen LogP contribution in [-0.4, -0.2) is 28.5 Å². The van der Waals surface area contributed by atoms with Crippen molar-refractivity contribution in [3.8, 4) is 0 Å². The summed E-state index contributed by atoms with van der Waals surface area (Å²) in [5, 5.41) is 0. The lowest BCUT2D eigenvalue weighted by Crippen LogP contribution is -2.27. The van der Waals surface area contributed by atoms with Gasteiger partial charge in [-0.05, 0) is 13.3 Å². The van der Waals surface area contributed by atoms with Crippen molar-refractivity contribution >= 4 is 10.8 Å². The van der Waals surface area contributed by atoms with Gasteiger partial charge in [0.1, 0.15) is 5.94 Å². The van der Waals surface area contributed by atoms with E-state index in [1.54, 1.807) is 0 Å². The number of rotatable bonds is 6. The standard InChI is InChI=1S/C7H17NO2S/c1-3-7(8)5-11(9)6-10-4-2/h7H,3-6,8H2,1-2H3. The van der Waals surface area contributed by atoms with Crippen LogP contribution in [0.15, 0.2) is 0 Å². The smallest absolute Gasteiger partial charge is 0.122 e. The number of hydrogen-bond donors (Lipinski definition) is 1. The maximum absolute atomic E-state index is 11.1. The minimum absolute atomic E-state index is 0.0521. The summed E-state index contributed by atoms with van der Waals surface area (Å²) in [6.07, 6.45) is 0.873. The summed E-state index contributed by atoms with van der Waals surface area (Å²) in [6, 6.07) is 0.0521. The molecule has 2 N–H and O–H groups in total. The molecule has 0 aliphatic heterocycles. The first-order chi connectivity index (χ1) is 5.20. The third-order valence-electron chi connectivity index (χ3n) is 1.34. The minimum atomic E-state index is -0.897. The molecule has 0 bridgehead atoms. The SMILES string of the molecule is CCOCS(=O)CC(N)CC. The van der Waals surface area contributed by atoms with E-state index in [0.29, 0.717) is 18.3 Å². The zero-order chi connectivity index (χ0) is 8.69. The molecule has 0 aromatic rings. The molecule has 0 heterocycles. The van der Waals surface area contributed by atoms with E-state index in [2.05, 4.69) is 0 Å². The summed E-state index contributed by atoms with van der Waals surface area (Å²) in [5.74, 6) is 0.876. The van der Waals surface area contributed by atoms with Crippen molar-refractivity contribution in [1.29, 1.82) is 0 Å². The van der Waals surface area contributed by atoms with Crippen LogP contribution < -0.4 is 5.73 Å². The predicted molar refractivity (Wildman–Crippen MR) is 47.8 cm³/mol. The highest BCUT2D eigenvalue weighted by molar-refractivity contribution is 7.84. The summed E-state index contributed by atoms with van der Waals surface area (Å²) < 4.78 is 16.1. The summed E-state index contributed by atoms with van der Waals surface area (Å²) in [4.78, 5) is 0. The molecule has 0 saturated carbocycles. The van der Waals surface area contributed by atoms with E-state index in [4.69, 9.17) is 10.5 Å². The van der Waals surface area contributed by atoms with Crippen molar-refractivity contribution in [2.45, 2.75) is 26.3 Å². The second-order valence-electron chi connectivity index (χ2n) is 2.39. The fourth-order valence-corrected chi connectivity index (χ4v) is 1.74. The normalized spacial score (nSPS) is 16.3. The molecule has 0 rings (SSSR count). The molecule has 0 radical (unpaired) electrons. The van der Waals surface area contributed by atoms with Gasteiger partial charge in [-0.2, -0.15) is 0 Å². The lowest BCUT2D eigenvalue weighted by Gasteiger charge is -2.07. The summed E-state index contributed by atoms with van der Waals surface area (Å²) in [7, 11) is -0.897. The van der Waals surface area contributed by atoms with Crippen LogP contribution in [0.1, 0.15) is 20.3 Å². The molecule has 0 amide bonds. The Kier molecular flexibility index (Phi) is 6.80. The molecule has 0 aromatic heterocycles. The zero-order valence-electron chi connectivity index (χ0n) is 7.21. The third-order valence-corrected chi connectivity index (χ3v) is 2.57. The third kappa shape index (κ3) is 6.47. The summed E-state index contributed by atoms with van der Waals surface area (Å²) >= 11 is 0. The van der Waals surface area contributed by atoms with Crippen LogP contribution in [0.3, 0.4) is 0 Å². The molecule has 2 unspecified atom stereocenters. The van der Waals surface area contributed by atoms with Gasteiger partial charge in [0.05, 0.1) is 0 Å². The van der Waals surface area contributed by atoms with Gasteiger partial charge in [-0.1, -0.05) is 6.92 Å². The fraction of sp³-hybridized carbons (Fsp3) is 1.00. The topological polar surface area (TPSA) is 52.3 Å². The molecule has 68 valence electrons. The van der Waals surface area contributed by atoms with Crippen molar-refractivity contribution in [3.05, 3.63) is 0 Å². The first-order valence-electron chi connectivity index (χ1n) is 3.89. The minimum Gasteiger partial charge on any atom is -0.369 e. The molecular weight excluding hydrogens is 162 g/mol. The molecule has 3 nitrogen and oxygen atoms in total. The van der Waals surface area contributed by atoms with Crippen molar-refractivity contribution < 1.29 is 8.95 Å². The van der Waals surface area contributed by atoms with E-state index in [1.165, 1.54) is 0 Å². The molecular formula is C7H17NO2S.